The molecule has 4 nitrogen and oxygen atoms in total. The summed E-state index contributed by atoms with van der Waals surface area (Å²) >= 11 is 4.43. The second-order valence-electron chi connectivity index (χ2n) is 7.11. The van der Waals surface area contributed by atoms with Crippen LogP contribution in [0.2, 0.25) is 0 Å². The van der Waals surface area contributed by atoms with Crippen LogP contribution >= 0.6 is 12.6 Å². The molecule has 6 heteroatoms. The fraction of sp³-hybridized carbons (Fsp3) is 0.389. The zero-order chi connectivity index (χ0) is 17.5. The maximum absolute atomic E-state index is 12.0. The highest BCUT2D eigenvalue weighted by molar-refractivity contribution is 7.80. The van der Waals surface area contributed by atoms with Crippen molar-refractivity contribution in [1.82, 2.24) is 4.98 Å². The zero-order valence-electron chi connectivity index (χ0n) is 14.4. The van der Waals surface area contributed by atoms with Crippen molar-refractivity contribution in [1.29, 1.82) is 0 Å². The standard InChI is InChI=1S/C18H22BNO3S/c1-17(2)18(3,4)23-19(22-17)13(11-24)9-12-5-6-15-14(10-12)16(21)7-8-20-15/h5-10,24H,11H2,1-4H3,(H,20,21). The first-order chi connectivity index (χ1) is 11.2. The van der Waals surface area contributed by atoms with Crippen LogP contribution in [0.4, 0.5) is 0 Å². The molecule has 0 spiro atoms. The van der Waals surface area contributed by atoms with E-state index >= 15 is 0 Å². The van der Waals surface area contributed by atoms with Gasteiger partial charge in [0.2, 0.25) is 0 Å². The molecule has 1 aromatic carbocycles. The monoisotopic (exact) mass is 343 g/mol. The molecule has 24 heavy (non-hydrogen) atoms. The van der Waals surface area contributed by atoms with Crippen LogP contribution in [0.3, 0.4) is 0 Å². The summed E-state index contributed by atoms with van der Waals surface area (Å²) in [6, 6.07) is 7.28. The summed E-state index contributed by atoms with van der Waals surface area (Å²) in [7, 11) is -0.433. The minimum absolute atomic E-state index is 0.00190. The topological polar surface area (TPSA) is 51.3 Å². The van der Waals surface area contributed by atoms with Crippen LogP contribution in [0.5, 0.6) is 0 Å². The van der Waals surface area contributed by atoms with Gasteiger partial charge in [0, 0.05) is 28.9 Å². The Balaban J connectivity index is 1.97. The summed E-state index contributed by atoms with van der Waals surface area (Å²) in [5, 5.41) is 0.665. The van der Waals surface area contributed by atoms with E-state index in [0.717, 1.165) is 16.6 Å². The molecule has 1 aromatic heterocycles. The average molecular weight is 343 g/mol. The van der Waals surface area contributed by atoms with Gasteiger partial charge in [0.15, 0.2) is 5.43 Å². The first kappa shape index (κ1) is 17.3. The largest absolute Gasteiger partial charge is 0.491 e. The van der Waals surface area contributed by atoms with Gasteiger partial charge in [0.25, 0.3) is 0 Å². The van der Waals surface area contributed by atoms with Crippen molar-refractivity contribution in [2.24, 2.45) is 0 Å². The number of pyridine rings is 1. The van der Waals surface area contributed by atoms with Crippen LogP contribution < -0.4 is 5.43 Å². The predicted molar refractivity (Wildman–Crippen MR) is 102 cm³/mol. The van der Waals surface area contributed by atoms with Crippen molar-refractivity contribution in [2.45, 2.75) is 38.9 Å². The molecule has 1 aliphatic rings. The lowest BCUT2D eigenvalue weighted by molar-refractivity contribution is 0.00578. The van der Waals surface area contributed by atoms with Crippen molar-refractivity contribution < 1.29 is 9.31 Å². The lowest BCUT2D eigenvalue weighted by Gasteiger charge is -2.32. The van der Waals surface area contributed by atoms with E-state index in [-0.39, 0.29) is 16.6 Å². The van der Waals surface area contributed by atoms with Gasteiger partial charge in [-0.2, -0.15) is 12.6 Å². The summed E-state index contributed by atoms with van der Waals surface area (Å²) in [5.41, 5.74) is 1.91. The molecule has 0 amide bonds. The van der Waals surface area contributed by atoms with Gasteiger partial charge in [-0.25, -0.2) is 0 Å². The number of aromatic nitrogens is 1. The first-order valence-corrected chi connectivity index (χ1v) is 8.65. The first-order valence-electron chi connectivity index (χ1n) is 8.02. The second kappa shape index (κ2) is 6.10. The summed E-state index contributed by atoms with van der Waals surface area (Å²) in [4.78, 5) is 15.1. The van der Waals surface area contributed by atoms with Gasteiger partial charge < -0.3 is 14.3 Å². The number of H-pyrrole nitrogens is 1. The van der Waals surface area contributed by atoms with Gasteiger partial charge in [-0.15, -0.1) is 0 Å². The highest BCUT2D eigenvalue weighted by atomic mass is 32.1. The van der Waals surface area contributed by atoms with Crippen LogP contribution in [-0.2, 0) is 9.31 Å². The molecular formula is C18H22BNO3S. The third-order valence-electron chi connectivity index (χ3n) is 4.87. The van der Waals surface area contributed by atoms with E-state index in [0.29, 0.717) is 11.1 Å². The molecule has 0 saturated carbocycles. The Hall–Kier alpha value is -1.50. The second-order valence-corrected chi connectivity index (χ2v) is 7.43. The van der Waals surface area contributed by atoms with Crippen molar-refractivity contribution in [3.63, 3.8) is 0 Å². The quantitative estimate of drug-likeness (QED) is 0.663. The van der Waals surface area contributed by atoms with E-state index < -0.39 is 7.12 Å². The number of hydrogen-bond donors (Lipinski definition) is 2. The Labute approximate surface area is 147 Å². The van der Waals surface area contributed by atoms with E-state index in [4.69, 9.17) is 9.31 Å². The summed E-state index contributed by atoms with van der Waals surface area (Å²) < 4.78 is 12.2. The fourth-order valence-corrected chi connectivity index (χ4v) is 2.92. The summed E-state index contributed by atoms with van der Waals surface area (Å²) in [5.74, 6) is 0.514. The molecule has 1 saturated heterocycles. The predicted octanol–water partition coefficient (Wildman–Crippen LogP) is 3.47. The molecule has 0 unspecified atom stereocenters. The molecule has 0 atom stereocenters. The lowest BCUT2D eigenvalue weighted by Crippen LogP contribution is -2.41. The molecule has 2 aromatic rings. The van der Waals surface area contributed by atoms with Gasteiger partial charge in [-0.3, -0.25) is 4.79 Å². The van der Waals surface area contributed by atoms with Crippen molar-refractivity contribution >= 4 is 36.7 Å². The van der Waals surface area contributed by atoms with Crippen LogP contribution in [0.15, 0.2) is 40.7 Å². The summed E-state index contributed by atoms with van der Waals surface area (Å²) in [6.45, 7) is 8.11. The van der Waals surface area contributed by atoms with Gasteiger partial charge in [-0.1, -0.05) is 12.1 Å². The minimum atomic E-state index is -0.433. The Morgan fingerprint density at radius 1 is 1.21 bits per heavy atom. The van der Waals surface area contributed by atoms with Crippen LogP contribution in [0.1, 0.15) is 33.3 Å². The smallest absolute Gasteiger partial charge is 0.400 e. The molecule has 1 aliphatic heterocycles. The van der Waals surface area contributed by atoms with Crippen molar-refractivity contribution in [2.75, 3.05) is 5.75 Å². The Morgan fingerprint density at radius 3 is 2.50 bits per heavy atom. The SMILES string of the molecule is CC1(C)OB(C(=Cc2ccc3[nH]ccc(=O)c3c2)CS)OC1(C)C. The number of benzene rings is 1. The maximum atomic E-state index is 12.0. The van der Waals surface area contributed by atoms with Crippen LogP contribution in [-0.4, -0.2) is 29.1 Å². The van der Waals surface area contributed by atoms with Crippen molar-refractivity contribution in [3.8, 4) is 0 Å². The average Bonchev–Trinajstić information content (AvgIpc) is 2.73. The third-order valence-corrected chi connectivity index (χ3v) is 5.24. The van der Waals surface area contributed by atoms with Gasteiger partial charge >= 0.3 is 7.12 Å². The molecule has 2 heterocycles. The number of rotatable bonds is 3. The lowest BCUT2D eigenvalue weighted by atomic mass is 9.78. The molecule has 0 aliphatic carbocycles. The Bertz CT molecular complexity index is 841. The molecule has 126 valence electrons. The number of nitrogens with one attached hydrogen (secondary N) is 1. The normalized spacial score (nSPS) is 19.9. The summed E-state index contributed by atoms with van der Waals surface area (Å²) in [6.07, 6.45) is 3.64. The van der Waals surface area contributed by atoms with Gasteiger partial charge in [0.1, 0.15) is 0 Å². The number of aromatic amines is 1. The molecule has 1 fully saturated rings. The van der Waals surface area contributed by atoms with E-state index in [1.807, 2.05) is 52.0 Å². The molecular weight excluding hydrogens is 321 g/mol. The van der Waals surface area contributed by atoms with E-state index in [1.165, 1.54) is 6.07 Å². The zero-order valence-corrected chi connectivity index (χ0v) is 15.3. The van der Waals surface area contributed by atoms with Gasteiger partial charge in [-0.05, 0) is 50.9 Å². The number of fused-ring (bicyclic) bond motifs is 1. The van der Waals surface area contributed by atoms with E-state index in [9.17, 15) is 4.79 Å². The minimum Gasteiger partial charge on any atom is -0.400 e. The molecule has 0 radical (unpaired) electrons. The maximum Gasteiger partial charge on any atom is 0.491 e. The highest BCUT2D eigenvalue weighted by Gasteiger charge is 2.52. The number of hydrogen-bond acceptors (Lipinski definition) is 4. The van der Waals surface area contributed by atoms with Gasteiger partial charge in [0.05, 0.1) is 11.2 Å². The highest BCUT2D eigenvalue weighted by Crippen LogP contribution is 2.39. The van der Waals surface area contributed by atoms with E-state index in [2.05, 4.69) is 17.6 Å². The molecule has 1 N–H and O–H groups in total. The molecule has 0 bridgehead atoms. The fourth-order valence-electron chi connectivity index (χ4n) is 2.68. The molecule has 3 rings (SSSR count). The van der Waals surface area contributed by atoms with Crippen LogP contribution in [0, 0.1) is 0 Å². The third kappa shape index (κ3) is 3.06. The Kier molecular flexibility index (Phi) is 4.40. The Morgan fingerprint density at radius 2 is 1.88 bits per heavy atom. The van der Waals surface area contributed by atoms with E-state index in [1.54, 1.807) is 6.20 Å². The number of thiol groups is 1. The van der Waals surface area contributed by atoms with Crippen LogP contribution in [0.25, 0.3) is 17.0 Å². The van der Waals surface area contributed by atoms with Crippen molar-refractivity contribution in [3.05, 3.63) is 51.7 Å².